The number of halogens is 1. The molecule has 0 fully saturated rings. The molecular weight excluding hydrogens is 375 g/mol. The molecule has 0 bridgehead atoms. The van der Waals surface area contributed by atoms with Gasteiger partial charge in [-0.15, -0.1) is 0 Å². The summed E-state index contributed by atoms with van der Waals surface area (Å²) in [6.45, 7) is 0.194. The molecule has 3 aromatic rings. The van der Waals surface area contributed by atoms with E-state index in [1.165, 1.54) is 24.4 Å². The Balaban J connectivity index is 1.77. The van der Waals surface area contributed by atoms with Gasteiger partial charge in [0.15, 0.2) is 0 Å². The number of dihydropyridines is 1. The van der Waals surface area contributed by atoms with Crippen LogP contribution in [0.25, 0.3) is 10.9 Å². The lowest BCUT2D eigenvalue weighted by Gasteiger charge is -2.14. The normalized spacial score (nSPS) is 13.4. The molecule has 4 rings (SSSR count). The Labute approximate surface area is 164 Å². The number of benzene rings is 1. The number of allylic oxidation sites excluding steroid dienone is 1. The molecule has 146 valence electrons. The van der Waals surface area contributed by atoms with Gasteiger partial charge in [0.25, 0.3) is 5.91 Å². The molecule has 1 aromatic carbocycles. The highest BCUT2D eigenvalue weighted by Gasteiger charge is 2.17. The van der Waals surface area contributed by atoms with Gasteiger partial charge in [0.1, 0.15) is 22.8 Å². The van der Waals surface area contributed by atoms with Gasteiger partial charge in [-0.05, 0) is 48.0 Å². The van der Waals surface area contributed by atoms with Crippen molar-refractivity contribution in [3.8, 4) is 0 Å². The number of fused-ring (bicyclic) bond motifs is 1. The number of hydrogen-bond donors (Lipinski definition) is 4. The van der Waals surface area contributed by atoms with Gasteiger partial charge >= 0.3 is 0 Å². The van der Waals surface area contributed by atoms with Crippen LogP contribution in [0.3, 0.4) is 0 Å². The number of aromatic amines is 1. The fourth-order valence-electron chi connectivity index (χ4n) is 3.15. The minimum absolute atomic E-state index is 0.00896. The quantitative estimate of drug-likeness (QED) is 0.545. The van der Waals surface area contributed by atoms with Gasteiger partial charge in [0.2, 0.25) is 5.56 Å². The third-order valence-corrected chi connectivity index (χ3v) is 4.54. The molecule has 8 heteroatoms. The summed E-state index contributed by atoms with van der Waals surface area (Å²) in [6, 6.07) is 9.34. The molecule has 1 aliphatic rings. The topological polar surface area (TPSA) is 107 Å². The minimum Gasteiger partial charge on any atom is -0.508 e. The van der Waals surface area contributed by atoms with Crippen molar-refractivity contribution in [2.45, 2.75) is 6.42 Å². The zero-order valence-electron chi connectivity index (χ0n) is 15.2. The average Bonchev–Trinajstić information content (AvgIpc) is 2.70. The van der Waals surface area contributed by atoms with E-state index in [0.717, 1.165) is 5.56 Å². The van der Waals surface area contributed by atoms with Crippen LogP contribution < -0.4 is 16.2 Å². The van der Waals surface area contributed by atoms with Gasteiger partial charge in [-0.25, -0.2) is 9.37 Å². The zero-order chi connectivity index (χ0) is 20.4. The fourth-order valence-corrected chi connectivity index (χ4v) is 3.15. The van der Waals surface area contributed by atoms with Crippen LogP contribution in [-0.4, -0.2) is 27.5 Å². The van der Waals surface area contributed by atoms with E-state index in [9.17, 15) is 19.1 Å². The summed E-state index contributed by atoms with van der Waals surface area (Å²) < 4.78 is 14.4. The van der Waals surface area contributed by atoms with Crippen molar-refractivity contribution in [1.82, 2.24) is 20.6 Å². The van der Waals surface area contributed by atoms with Crippen LogP contribution in [0.15, 0.2) is 71.1 Å². The summed E-state index contributed by atoms with van der Waals surface area (Å²) in [6.07, 6.45) is 4.98. The number of carbonyl (C=O) groups excluding carboxylic acids is 1. The van der Waals surface area contributed by atoms with Gasteiger partial charge in [-0.2, -0.15) is 0 Å². The molecule has 1 aliphatic heterocycles. The highest BCUT2D eigenvalue weighted by molar-refractivity contribution is 5.97. The number of pyridine rings is 2. The summed E-state index contributed by atoms with van der Waals surface area (Å²) in [7, 11) is 0. The van der Waals surface area contributed by atoms with Crippen LogP contribution in [0.2, 0.25) is 0 Å². The first kappa shape index (κ1) is 18.4. The molecular formula is C21H17FN4O3. The third-order valence-electron chi connectivity index (χ3n) is 4.54. The van der Waals surface area contributed by atoms with E-state index in [-0.39, 0.29) is 34.8 Å². The molecule has 0 saturated heterocycles. The lowest BCUT2D eigenvalue weighted by molar-refractivity contribution is 0.0960. The van der Waals surface area contributed by atoms with Crippen LogP contribution in [0.1, 0.15) is 21.6 Å². The number of aliphatic hydroxyl groups excluding tert-OH is 1. The summed E-state index contributed by atoms with van der Waals surface area (Å²) >= 11 is 0. The highest BCUT2D eigenvalue weighted by Crippen LogP contribution is 2.23. The molecule has 1 amide bonds. The zero-order valence-corrected chi connectivity index (χ0v) is 15.2. The molecule has 3 heterocycles. The smallest absolute Gasteiger partial charge is 0.274 e. The number of hydrogen-bond acceptors (Lipinski definition) is 5. The van der Waals surface area contributed by atoms with Gasteiger partial charge in [0.05, 0.1) is 12.2 Å². The van der Waals surface area contributed by atoms with Crippen molar-refractivity contribution < 1.29 is 14.3 Å². The molecule has 0 atom stereocenters. The van der Waals surface area contributed by atoms with Crippen molar-refractivity contribution in [2.24, 2.45) is 0 Å². The van der Waals surface area contributed by atoms with Crippen molar-refractivity contribution in [1.29, 1.82) is 0 Å². The predicted octanol–water partition coefficient (Wildman–Crippen LogP) is 2.27. The Morgan fingerprint density at radius 2 is 2.14 bits per heavy atom. The number of aliphatic hydroxyl groups is 1. The number of carbonyl (C=O) groups is 1. The van der Waals surface area contributed by atoms with Crippen molar-refractivity contribution in [3.05, 3.63) is 99.3 Å². The molecule has 29 heavy (non-hydrogen) atoms. The summed E-state index contributed by atoms with van der Waals surface area (Å²) in [5.41, 5.74) is 1.46. The second-order valence-corrected chi connectivity index (χ2v) is 6.57. The number of para-hydroxylation sites is 1. The maximum atomic E-state index is 14.4. The Bertz CT molecular complexity index is 1230. The lowest BCUT2D eigenvalue weighted by atomic mass is 10.0. The molecule has 7 nitrogen and oxygen atoms in total. The van der Waals surface area contributed by atoms with E-state index >= 15 is 0 Å². The van der Waals surface area contributed by atoms with Crippen LogP contribution in [0.5, 0.6) is 0 Å². The van der Waals surface area contributed by atoms with E-state index in [0.29, 0.717) is 17.4 Å². The monoisotopic (exact) mass is 392 g/mol. The maximum Gasteiger partial charge on any atom is 0.274 e. The van der Waals surface area contributed by atoms with Crippen molar-refractivity contribution in [2.75, 3.05) is 6.54 Å². The van der Waals surface area contributed by atoms with E-state index in [1.54, 1.807) is 30.5 Å². The van der Waals surface area contributed by atoms with Gasteiger partial charge in [-0.1, -0.05) is 12.1 Å². The second-order valence-electron chi connectivity index (χ2n) is 6.57. The molecule has 0 aliphatic carbocycles. The molecule has 0 saturated carbocycles. The maximum absolute atomic E-state index is 14.4. The Kier molecular flexibility index (Phi) is 4.82. The van der Waals surface area contributed by atoms with Crippen LogP contribution >= 0.6 is 0 Å². The van der Waals surface area contributed by atoms with E-state index < -0.39 is 11.7 Å². The van der Waals surface area contributed by atoms with Gasteiger partial charge < -0.3 is 20.7 Å². The standard InChI is InChI=1S/C21H17FN4O3/c22-15-3-1-2-14-13(8-12-4-7-24-19(28)9-12)10-17(25-20(14)15)21(29)26-16-5-6-23-11-18(16)27/h1-7,9-10,23,27H,8,11H2,(H,24,28)(H,26,29). The van der Waals surface area contributed by atoms with Crippen molar-refractivity contribution >= 4 is 16.8 Å². The Hall–Kier alpha value is -3.94. The molecule has 0 radical (unpaired) electrons. The first-order chi connectivity index (χ1) is 14.0. The van der Waals surface area contributed by atoms with E-state index in [1.807, 2.05) is 0 Å². The SMILES string of the molecule is O=C(NC1=C(O)CNC=C1)c1cc(Cc2cc[nH]c(=O)c2)c2cccc(F)c2n1. The molecule has 4 N–H and O–H groups in total. The first-order valence-corrected chi connectivity index (χ1v) is 8.90. The Morgan fingerprint density at radius 3 is 2.93 bits per heavy atom. The summed E-state index contributed by atoms with van der Waals surface area (Å²) in [5, 5.41) is 15.9. The molecule has 0 unspecified atom stereocenters. The number of H-pyrrole nitrogens is 1. The van der Waals surface area contributed by atoms with Crippen LogP contribution in [0.4, 0.5) is 4.39 Å². The van der Waals surface area contributed by atoms with Crippen molar-refractivity contribution in [3.63, 3.8) is 0 Å². The summed E-state index contributed by atoms with van der Waals surface area (Å²) in [5.74, 6) is -1.14. The van der Waals surface area contributed by atoms with Crippen LogP contribution in [0, 0.1) is 5.82 Å². The van der Waals surface area contributed by atoms with Crippen LogP contribution in [-0.2, 0) is 6.42 Å². The molecule has 0 spiro atoms. The number of amides is 1. The van der Waals surface area contributed by atoms with E-state index in [2.05, 4.69) is 20.6 Å². The lowest BCUT2D eigenvalue weighted by Crippen LogP contribution is -2.28. The van der Waals surface area contributed by atoms with Gasteiger partial charge in [0, 0.05) is 17.6 Å². The Morgan fingerprint density at radius 1 is 1.28 bits per heavy atom. The first-order valence-electron chi connectivity index (χ1n) is 8.90. The van der Waals surface area contributed by atoms with E-state index in [4.69, 9.17) is 0 Å². The number of aromatic nitrogens is 2. The largest absolute Gasteiger partial charge is 0.508 e. The predicted molar refractivity (Wildman–Crippen MR) is 106 cm³/mol. The highest BCUT2D eigenvalue weighted by atomic mass is 19.1. The number of nitrogens with one attached hydrogen (secondary N) is 3. The molecule has 2 aromatic heterocycles. The second kappa shape index (κ2) is 7.59. The number of rotatable bonds is 4. The average molecular weight is 392 g/mol. The third kappa shape index (κ3) is 3.86. The fraction of sp³-hybridized carbons (Fsp3) is 0.0952. The number of nitrogens with zero attached hydrogens (tertiary/aromatic N) is 1. The van der Waals surface area contributed by atoms with Gasteiger partial charge in [-0.3, -0.25) is 9.59 Å². The summed E-state index contributed by atoms with van der Waals surface area (Å²) in [4.78, 5) is 31.1. The minimum atomic E-state index is -0.574.